The van der Waals surface area contributed by atoms with Crippen LogP contribution < -0.4 is 4.90 Å². The summed E-state index contributed by atoms with van der Waals surface area (Å²) in [5, 5.41) is 8.96. The minimum absolute atomic E-state index is 0.296. The molecule has 1 amide bonds. The van der Waals surface area contributed by atoms with Gasteiger partial charge in [-0.1, -0.05) is 48.5 Å². The molecular formula is C16H15NO3. The Morgan fingerprint density at radius 1 is 1.00 bits per heavy atom. The SMILES string of the molecule is CC(=O)N(CC(=O)O)c1ccccc1-c1ccccc1. The fourth-order valence-electron chi connectivity index (χ4n) is 2.07. The van der Waals surface area contributed by atoms with Gasteiger partial charge in [-0.25, -0.2) is 0 Å². The molecule has 0 radical (unpaired) electrons. The Balaban J connectivity index is 2.51. The molecule has 2 aromatic rings. The second-order valence-corrected chi connectivity index (χ2v) is 4.38. The zero-order valence-corrected chi connectivity index (χ0v) is 11.1. The molecule has 0 saturated carbocycles. The summed E-state index contributed by atoms with van der Waals surface area (Å²) in [6, 6.07) is 16.9. The Morgan fingerprint density at radius 2 is 1.60 bits per heavy atom. The number of carbonyl (C=O) groups is 2. The first-order chi connectivity index (χ1) is 9.59. The van der Waals surface area contributed by atoms with Gasteiger partial charge in [-0.15, -0.1) is 0 Å². The number of anilines is 1. The molecule has 2 aromatic carbocycles. The van der Waals surface area contributed by atoms with Gasteiger partial charge in [0.2, 0.25) is 5.91 Å². The van der Waals surface area contributed by atoms with Crippen LogP contribution >= 0.6 is 0 Å². The lowest BCUT2D eigenvalue weighted by atomic mass is 10.0. The van der Waals surface area contributed by atoms with E-state index in [1.165, 1.54) is 11.8 Å². The van der Waals surface area contributed by atoms with Crippen LogP contribution in [0.5, 0.6) is 0 Å². The molecule has 4 nitrogen and oxygen atoms in total. The van der Waals surface area contributed by atoms with Crippen LogP contribution in [-0.4, -0.2) is 23.5 Å². The highest BCUT2D eigenvalue weighted by Crippen LogP contribution is 2.30. The number of rotatable bonds is 4. The van der Waals surface area contributed by atoms with Crippen molar-refractivity contribution in [1.82, 2.24) is 0 Å². The highest BCUT2D eigenvalue weighted by atomic mass is 16.4. The first-order valence-corrected chi connectivity index (χ1v) is 6.24. The minimum Gasteiger partial charge on any atom is -0.480 e. The smallest absolute Gasteiger partial charge is 0.323 e. The van der Waals surface area contributed by atoms with Crippen molar-refractivity contribution in [3.8, 4) is 11.1 Å². The lowest BCUT2D eigenvalue weighted by molar-refractivity contribution is -0.136. The van der Waals surface area contributed by atoms with E-state index in [1.807, 2.05) is 42.5 Å². The van der Waals surface area contributed by atoms with Crippen LogP contribution in [0.15, 0.2) is 54.6 Å². The summed E-state index contributed by atoms with van der Waals surface area (Å²) >= 11 is 0. The van der Waals surface area contributed by atoms with Gasteiger partial charge in [0.1, 0.15) is 6.54 Å². The highest BCUT2D eigenvalue weighted by molar-refractivity contribution is 5.99. The fraction of sp³-hybridized carbons (Fsp3) is 0.125. The standard InChI is InChI=1S/C16H15NO3/c1-12(18)17(11-16(19)20)15-10-6-5-9-14(15)13-7-3-2-4-8-13/h2-10H,11H2,1H3,(H,19,20). The molecule has 102 valence electrons. The van der Waals surface area contributed by atoms with Gasteiger partial charge in [0.25, 0.3) is 0 Å². The number of amides is 1. The monoisotopic (exact) mass is 269 g/mol. The molecule has 0 heterocycles. The molecule has 4 heteroatoms. The molecule has 0 spiro atoms. The Labute approximate surface area is 117 Å². The van der Waals surface area contributed by atoms with Gasteiger partial charge in [-0.2, -0.15) is 0 Å². The zero-order valence-electron chi connectivity index (χ0n) is 11.1. The van der Waals surface area contributed by atoms with Gasteiger partial charge < -0.3 is 10.0 Å². The number of hydrogen-bond donors (Lipinski definition) is 1. The van der Waals surface area contributed by atoms with Crippen molar-refractivity contribution >= 4 is 17.6 Å². The third kappa shape index (κ3) is 3.03. The number of aliphatic carboxylic acids is 1. The number of nitrogens with zero attached hydrogens (tertiary/aromatic N) is 1. The van der Waals surface area contributed by atoms with E-state index in [4.69, 9.17) is 5.11 Å². The Bertz CT molecular complexity index is 623. The highest BCUT2D eigenvalue weighted by Gasteiger charge is 2.18. The van der Waals surface area contributed by atoms with Crippen LogP contribution in [0.2, 0.25) is 0 Å². The predicted octanol–water partition coefficient (Wildman–Crippen LogP) is 2.79. The molecule has 20 heavy (non-hydrogen) atoms. The van der Waals surface area contributed by atoms with Crippen molar-refractivity contribution in [2.75, 3.05) is 11.4 Å². The summed E-state index contributed by atoms with van der Waals surface area (Å²) in [6.07, 6.45) is 0. The van der Waals surface area contributed by atoms with Crippen LogP contribution in [-0.2, 0) is 9.59 Å². The summed E-state index contributed by atoms with van der Waals surface area (Å²) in [4.78, 5) is 23.9. The molecule has 0 aliphatic carbocycles. The van der Waals surface area contributed by atoms with Crippen LogP contribution in [0, 0.1) is 0 Å². The molecule has 2 rings (SSSR count). The maximum absolute atomic E-state index is 11.7. The average molecular weight is 269 g/mol. The summed E-state index contributed by atoms with van der Waals surface area (Å²) in [5.41, 5.74) is 2.39. The van der Waals surface area contributed by atoms with Crippen molar-refractivity contribution in [2.45, 2.75) is 6.92 Å². The number of para-hydroxylation sites is 1. The molecule has 0 saturated heterocycles. The summed E-state index contributed by atoms with van der Waals surface area (Å²) in [7, 11) is 0. The Kier molecular flexibility index (Phi) is 4.15. The summed E-state index contributed by atoms with van der Waals surface area (Å²) < 4.78 is 0. The number of benzene rings is 2. The fourth-order valence-corrected chi connectivity index (χ4v) is 2.07. The molecule has 0 bridgehead atoms. The Morgan fingerprint density at radius 3 is 2.20 bits per heavy atom. The number of carbonyl (C=O) groups excluding carboxylic acids is 1. The van der Waals surface area contributed by atoms with E-state index in [0.29, 0.717) is 5.69 Å². The quantitative estimate of drug-likeness (QED) is 0.928. The van der Waals surface area contributed by atoms with Gasteiger partial charge in [0.15, 0.2) is 0 Å². The molecule has 0 atom stereocenters. The Hall–Kier alpha value is -2.62. The lowest BCUT2D eigenvalue weighted by Crippen LogP contribution is -2.34. The molecule has 0 fully saturated rings. The summed E-state index contributed by atoms with van der Waals surface area (Å²) in [6.45, 7) is 1.02. The van der Waals surface area contributed by atoms with Crippen LogP contribution in [0.4, 0.5) is 5.69 Å². The van der Waals surface area contributed by atoms with Gasteiger partial charge in [0.05, 0.1) is 5.69 Å². The van der Waals surface area contributed by atoms with E-state index in [9.17, 15) is 9.59 Å². The van der Waals surface area contributed by atoms with Crippen LogP contribution in [0.1, 0.15) is 6.92 Å². The normalized spacial score (nSPS) is 10.1. The lowest BCUT2D eigenvalue weighted by Gasteiger charge is -2.22. The van der Waals surface area contributed by atoms with E-state index in [0.717, 1.165) is 11.1 Å². The van der Waals surface area contributed by atoms with Crippen molar-refractivity contribution < 1.29 is 14.7 Å². The van der Waals surface area contributed by atoms with Gasteiger partial charge in [-0.05, 0) is 11.6 Å². The molecule has 1 N–H and O–H groups in total. The average Bonchev–Trinajstić information content (AvgIpc) is 2.45. The van der Waals surface area contributed by atoms with Crippen LogP contribution in [0.3, 0.4) is 0 Å². The second-order valence-electron chi connectivity index (χ2n) is 4.38. The third-order valence-electron chi connectivity index (χ3n) is 2.95. The first kappa shape index (κ1) is 13.8. The predicted molar refractivity (Wildman–Crippen MR) is 77.5 cm³/mol. The van der Waals surface area contributed by atoms with Gasteiger partial charge >= 0.3 is 5.97 Å². The van der Waals surface area contributed by atoms with Crippen molar-refractivity contribution in [1.29, 1.82) is 0 Å². The first-order valence-electron chi connectivity index (χ1n) is 6.24. The van der Waals surface area contributed by atoms with Gasteiger partial charge in [0, 0.05) is 12.5 Å². The second kappa shape index (κ2) is 6.02. The van der Waals surface area contributed by atoms with Crippen molar-refractivity contribution in [3.05, 3.63) is 54.6 Å². The molecular weight excluding hydrogens is 254 g/mol. The molecule has 0 aromatic heterocycles. The van der Waals surface area contributed by atoms with E-state index in [-0.39, 0.29) is 12.5 Å². The van der Waals surface area contributed by atoms with Gasteiger partial charge in [-0.3, -0.25) is 9.59 Å². The number of hydrogen-bond acceptors (Lipinski definition) is 2. The third-order valence-corrected chi connectivity index (χ3v) is 2.95. The van der Waals surface area contributed by atoms with E-state index < -0.39 is 5.97 Å². The summed E-state index contributed by atoms with van der Waals surface area (Å²) in [5.74, 6) is -1.33. The zero-order chi connectivity index (χ0) is 14.5. The minimum atomic E-state index is -1.04. The largest absolute Gasteiger partial charge is 0.480 e. The molecule has 0 aliphatic rings. The topological polar surface area (TPSA) is 57.6 Å². The number of carboxylic acids is 1. The molecule has 0 aliphatic heterocycles. The van der Waals surface area contributed by atoms with E-state index in [1.54, 1.807) is 12.1 Å². The van der Waals surface area contributed by atoms with E-state index >= 15 is 0 Å². The molecule has 0 unspecified atom stereocenters. The maximum atomic E-state index is 11.7. The number of carboxylic acid groups (broad SMARTS) is 1. The van der Waals surface area contributed by atoms with E-state index in [2.05, 4.69) is 0 Å². The van der Waals surface area contributed by atoms with Crippen LogP contribution in [0.25, 0.3) is 11.1 Å². The van der Waals surface area contributed by atoms with Crippen molar-refractivity contribution in [3.63, 3.8) is 0 Å². The maximum Gasteiger partial charge on any atom is 0.323 e. The van der Waals surface area contributed by atoms with Crippen molar-refractivity contribution in [2.24, 2.45) is 0 Å².